The Kier molecular flexibility index (Phi) is 6.21. The van der Waals surface area contributed by atoms with Crippen LogP contribution in [0.3, 0.4) is 0 Å². The molecule has 1 aliphatic heterocycles. The van der Waals surface area contributed by atoms with Crippen LogP contribution in [0, 0.1) is 6.92 Å². The Balaban J connectivity index is 2.47. The van der Waals surface area contributed by atoms with E-state index in [1.54, 1.807) is 11.8 Å². The van der Waals surface area contributed by atoms with E-state index in [1.807, 2.05) is 0 Å². The Labute approximate surface area is 159 Å². The highest BCUT2D eigenvalue weighted by atomic mass is 32.2. The van der Waals surface area contributed by atoms with Gasteiger partial charge in [-0.2, -0.15) is 0 Å². The highest BCUT2D eigenvalue weighted by Gasteiger charge is 2.67. The van der Waals surface area contributed by atoms with Crippen LogP contribution in [-0.2, 0) is 4.57 Å². The lowest BCUT2D eigenvalue weighted by atomic mass is 10.1. The molecule has 1 fully saturated rings. The Bertz CT molecular complexity index is 615. The largest absolute Gasteiger partial charge is 0.287 e. The van der Waals surface area contributed by atoms with E-state index in [0.717, 1.165) is 0 Å². The molecule has 0 unspecified atom stereocenters. The van der Waals surface area contributed by atoms with Crippen molar-refractivity contribution in [1.29, 1.82) is 0 Å². The Morgan fingerprint density at radius 3 is 1.92 bits per heavy atom. The molecule has 2 atom stereocenters. The molecule has 25 heavy (non-hydrogen) atoms. The lowest BCUT2D eigenvalue weighted by Crippen LogP contribution is -2.67. The van der Waals surface area contributed by atoms with Crippen molar-refractivity contribution in [2.24, 2.45) is 0 Å². The molecule has 0 N–H and O–H groups in total. The van der Waals surface area contributed by atoms with Gasteiger partial charge in [-0.05, 0) is 74.4 Å². The summed E-state index contributed by atoms with van der Waals surface area (Å²) in [7, 11) is -2.66. The molecule has 1 aromatic rings. The highest BCUT2D eigenvalue weighted by Crippen LogP contribution is 2.77. The summed E-state index contributed by atoms with van der Waals surface area (Å²) in [5, 5.41) is 0. The highest BCUT2D eigenvalue weighted by molar-refractivity contribution is 8.06. The molecular weight excluding hydrogens is 347 g/mol. The standard InChI is InChI=1S/C20H35N2OPS/c1-14(2)21(15(3)4)24(23)19(20(8,9)22(24)16(5)6)25-18-12-10-17(7)11-13-18/h10-16,19H,1-9H3/t19-,24+/m0/s1. The quantitative estimate of drug-likeness (QED) is 0.544. The third kappa shape index (κ3) is 3.60. The maximum Gasteiger partial charge on any atom is 0.232 e. The van der Waals surface area contributed by atoms with Crippen LogP contribution in [0.4, 0.5) is 0 Å². The van der Waals surface area contributed by atoms with Gasteiger partial charge in [-0.1, -0.05) is 17.7 Å². The molecule has 142 valence electrons. The van der Waals surface area contributed by atoms with E-state index in [2.05, 4.69) is 95.9 Å². The van der Waals surface area contributed by atoms with E-state index in [4.69, 9.17) is 0 Å². The van der Waals surface area contributed by atoms with Gasteiger partial charge in [0.1, 0.15) is 4.99 Å². The molecule has 0 aromatic heterocycles. The zero-order valence-corrected chi connectivity index (χ0v) is 19.0. The number of rotatable bonds is 6. The summed E-state index contributed by atoms with van der Waals surface area (Å²) in [6, 6.07) is 9.37. The van der Waals surface area contributed by atoms with Crippen LogP contribution in [0.5, 0.6) is 0 Å². The molecule has 1 aromatic carbocycles. The number of benzene rings is 1. The topological polar surface area (TPSA) is 23.6 Å². The van der Waals surface area contributed by atoms with E-state index in [0.29, 0.717) is 0 Å². The lowest BCUT2D eigenvalue weighted by Gasteiger charge is -2.65. The fourth-order valence-corrected chi connectivity index (χ4v) is 11.3. The molecule has 3 nitrogen and oxygen atoms in total. The minimum absolute atomic E-state index is 0.0786. The fraction of sp³-hybridized carbons (Fsp3) is 0.700. The van der Waals surface area contributed by atoms with Gasteiger partial charge in [0.25, 0.3) is 0 Å². The molecule has 1 aliphatic rings. The van der Waals surface area contributed by atoms with Crippen LogP contribution >= 0.6 is 19.2 Å². The Morgan fingerprint density at radius 1 is 1.04 bits per heavy atom. The first-order valence-electron chi connectivity index (χ1n) is 9.35. The first-order valence-corrected chi connectivity index (χ1v) is 11.9. The first-order chi connectivity index (χ1) is 11.4. The molecule has 2 rings (SSSR count). The molecule has 0 amide bonds. The van der Waals surface area contributed by atoms with Gasteiger partial charge in [0.2, 0.25) is 7.44 Å². The van der Waals surface area contributed by atoms with E-state index >= 15 is 0 Å². The Hall–Kier alpha value is -0.280. The number of hydrogen-bond donors (Lipinski definition) is 0. The van der Waals surface area contributed by atoms with Crippen LogP contribution < -0.4 is 0 Å². The fourth-order valence-electron chi connectivity index (χ4n) is 4.40. The lowest BCUT2D eigenvalue weighted by molar-refractivity contribution is 0.113. The van der Waals surface area contributed by atoms with Crippen molar-refractivity contribution >= 4 is 19.2 Å². The molecule has 0 radical (unpaired) electrons. The molecular formula is C20H35N2OPS. The van der Waals surface area contributed by atoms with Crippen LogP contribution in [0.25, 0.3) is 0 Å². The zero-order valence-electron chi connectivity index (χ0n) is 17.3. The average Bonchev–Trinajstić information content (AvgIpc) is 2.44. The summed E-state index contributed by atoms with van der Waals surface area (Å²) in [5.41, 5.74) is 1.16. The van der Waals surface area contributed by atoms with Gasteiger partial charge in [0.05, 0.1) is 0 Å². The van der Waals surface area contributed by atoms with Crippen molar-refractivity contribution < 1.29 is 4.57 Å². The second-order valence-electron chi connectivity index (χ2n) is 8.53. The molecule has 0 saturated carbocycles. The maximum atomic E-state index is 14.5. The second-order valence-corrected chi connectivity index (χ2v) is 12.6. The van der Waals surface area contributed by atoms with Gasteiger partial charge in [0.15, 0.2) is 0 Å². The van der Waals surface area contributed by atoms with Gasteiger partial charge in [0, 0.05) is 28.6 Å². The normalized spacial score (nSPS) is 26.7. The molecule has 0 bridgehead atoms. The molecule has 5 heteroatoms. The summed E-state index contributed by atoms with van der Waals surface area (Å²) in [6.45, 7) is 19.6. The van der Waals surface area contributed by atoms with Gasteiger partial charge in [-0.15, -0.1) is 11.8 Å². The minimum atomic E-state index is -2.66. The Morgan fingerprint density at radius 2 is 1.52 bits per heavy atom. The van der Waals surface area contributed by atoms with E-state index in [1.165, 1.54) is 10.5 Å². The summed E-state index contributed by atoms with van der Waals surface area (Å²) >= 11 is 1.79. The van der Waals surface area contributed by atoms with Crippen molar-refractivity contribution in [3.63, 3.8) is 0 Å². The minimum Gasteiger partial charge on any atom is -0.287 e. The summed E-state index contributed by atoms with van der Waals surface area (Å²) < 4.78 is 19.0. The molecule has 1 heterocycles. The van der Waals surface area contributed by atoms with Crippen molar-refractivity contribution in [1.82, 2.24) is 9.34 Å². The molecule has 0 spiro atoms. The predicted octanol–water partition coefficient (Wildman–Crippen LogP) is 6.23. The molecule has 0 aliphatic carbocycles. The van der Waals surface area contributed by atoms with Gasteiger partial charge in [-0.3, -0.25) is 4.57 Å². The summed E-state index contributed by atoms with van der Waals surface area (Å²) in [4.78, 5) is 1.29. The number of hydrogen-bond acceptors (Lipinski definition) is 2. The van der Waals surface area contributed by atoms with Gasteiger partial charge in [-0.25, -0.2) is 9.34 Å². The molecule has 1 saturated heterocycles. The maximum absolute atomic E-state index is 14.5. The monoisotopic (exact) mass is 382 g/mol. The number of nitrogens with zero attached hydrogens (tertiary/aromatic N) is 2. The van der Waals surface area contributed by atoms with Gasteiger partial charge >= 0.3 is 0 Å². The second kappa shape index (κ2) is 7.38. The van der Waals surface area contributed by atoms with Crippen LogP contribution in [0.1, 0.15) is 61.0 Å². The van der Waals surface area contributed by atoms with Crippen molar-refractivity contribution in [2.75, 3.05) is 0 Å². The third-order valence-electron chi connectivity index (χ3n) is 4.96. The van der Waals surface area contributed by atoms with Crippen LogP contribution in [0.2, 0.25) is 0 Å². The van der Waals surface area contributed by atoms with E-state index < -0.39 is 7.44 Å². The van der Waals surface area contributed by atoms with Crippen LogP contribution in [-0.4, -0.2) is 38.0 Å². The van der Waals surface area contributed by atoms with E-state index in [9.17, 15) is 4.57 Å². The smallest absolute Gasteiger partial charge is 0.232 e. The van der Waals surface area contributed by atoms with Crippen molar-refractivity contribution in [3.8, 4) is 0 Å². The van der Waals surface area contributed by atoms with E-state index in [-0.39, 0.29) is 28.7 Å². The number of aryl methyl sites for hydroxylation is 1. The zero-order chi connectivity index (χ0) is 19.2. The first kappa shape index (κ1) is 21.0. The summed E-state index contributed by atoms with van der Waals surface area (Å²) in [5.74, 6) is 0. The van der Waals surface area contributed by atoms with Crippen molar-refractivity contribution in [3.05, 3.63) is 29.8 Å². The van der Waals surface area contributed by atoms with Gasteiger partial charge < -0.3 is 0 Å². The number of thioether (sulfide) groups is 1. The predicted molar refractivity (Wildman–Crippen MR) is 112 cm³/mol. The average molecular weight is 383 g/mol. The van der Waals surface area contributed by atoms with Crippen LogP contribution in [0.15, 0.2) is 29.2 Å². The SMILES string of the molecule is Cc1ccc(S[C@H]2C(C)(C)N(C(C)C)[P@]2(=O)N(C(C)C)C(C)C)cc1. The third-order valence-corrected chi connectivity index (χ3v) is 11.9. The van der Waals surface area contributed by atoms with Crippen molar-refractivity contribution in [2.45, 2.75) is 95.9 Å². The summed E-state index contributed by atoms with van der Waals surface area (Å²) in [6.07, 6.45) is 0.